The smallest absolute Gasteiger partial charge is 0.307 e. The van der Waals surface area contributed by atoms with Crippen LogP contribution >= 0.6 is 0 Å². The van der Waals surface area contributed by atoms with E-state index >= 15 is 0 Å². The quantitative estimate of drug-likeness (QED) is 0.413. The van der Waals surface area contributed by atoms with Gasteiger partial charge in [-0.05, 0) is 13.8 Å². The first-order chi connectivity index (χ1) is 11.3. The molecule has 0 heterocycles. The number of carbonyl (C=O) groups excluding carboxylic acids is 2. The molecule has 1 amide bonds. The largest absolute Gasteiger partial charge is 0.466 e. The lowest BCUT2D eigenvalue weighted by Gasteiger charge is -2.23. The van der Waals surface area contributed by atoms with E-state index in [2.05, 4.69) is 0 Å². The molecular formula is C16H22N2O6. The van der Waals surface area contributed by atoms with Crippen molar-refractivity contribution in [3.8, 4) is 0 Å². The van der Waals surface area contributed by atoms with Gasteiger partial charge < -0.3 is 14.7 Å². The molecule has 1 unspecified atom stereocenters. The number of ether oxygens (including phenoxy) is 1. The van der Waals surface area contributed by atoms with E-state index in [9.17, 15) is 24.8 Å². The number of para-hydroxylation sites is 1. The number of nitro groups is 1. The van der Waals surface area contributed by atoms with Crippen LogP contribution in [0.4, 0.5) is 5.69 Å². The number of hydrogen-bond donors (Lipinski definition) is 1. The zero-order chi connectivity index (χ0) is 18.1. The van der Waals surface area contributed by atoms with E-state index in [1.54, 1.807) is 13.0 Å². The van der Waals surface area contributed by atoms with Crippen molar-refractivity contribution in [3.63, 3.8) is 0 Å². The highest BCUT2D eigenvalue weighted by molar-refractivity contribution is 5.80. The summed E-state index contributed by atoms with van der Waals surface area (Å²) in [5, 5.41) is 20.5. The van der Waals surface area contributed by atoms with Gasteiger partial charge in [-0.3, -0.25) is 19.7 Å². The Kier molecular flexibility index (Phi) is 7.84. The average Bonchev–Trinajstić information content (AvgIpc) is 2.51. The fourth-order valence-corrected chi connectivity index (χ4v) is 2.21. The number of hydrogen-bond acceptors (Lipinski definition) is 6. The summed E-state index contributed by atoms with van der Waals surface area (Å²) in [6, 6.07) is 6.00. The Balaban J connectivity index is 2.81. The Morgan fingerprint density at radius 1 is 1.38 bits per heavy atom. The molecule has 0 bridgehead atoms. The average molecular weight is 338 g/mol. The number of aliphatic hydroxyl groups excluding tert-OH is 1. The fraction of sp³-hybridized carbons (Fsp3) is 0.500. The van der Waals surface area contributed by atoms with Gasteiger partial charge in [-0.2, -0.15) is 0 Å². The minimum absolute atomic E-state index is 0.00316. The summed E-state index contributed by atoms with van der Waals surface area (Å²) in [5.41, 5.74) is 0.160. The number of nitro benzene ring substituents is 1. The van der Waals surface area contributed by atoms with E-state index < -0.39 is 22.9 Å². The summed E-state index contributed by atoms with van der Waals surface area (Å²) in [4.78, 5) is 35.7. The van der Waals surface area contributed by atoms with Crippen molar-refractivity contribution in [2.75, 3.05) is 19.7 Å². The molecule has 24 heavy (non-hydrogen) atoms. The van der Waals surface area contributed by atoms with Crippen molar-refractivity contribution in [1.82, 2.24) is 4.90 Å². The second-order valence-corrected chi connectivity index (χ2v) is 5.31. The lowest BCUT2D eigenvalue weighted by molar-refractivity contribution is -0.385. The molecule has 1 rings (SSSR count). The lowest BCUT2D eigenvalue weighted by Crippen LogP contribution is -2.39. The number of nitrogens with zero attached hydrogens (tertiary/aromatic N) is 2. The standard InChI is InChI=1S/C16H22N2O6/c1-3-24-16(21)8-9-17(11-12(2)19)15(20)10-13-6-4-5-7-14(13)18(22)23/h4-7,12,19H,3,8-11H2,1-2H3. The maximum absolute atomic E-state index is 12.4. The molecule has 0 saturated carbocycles. The van der Waals surface area contributed by atoms with E-state index in [1.807, 2.05) is 0 Å². The van der Waals surface area contributed by atoms with Crippen LogP contribution in [0, 0.1) is 10.1 Å². The third kappa shape index (κ3) is 6.33. The van der Waals surface area contributed by atoms with Crippen LogP contribution < -0.4 is 0 Å². The first-order valence-electron chi connectivity index (χ1n) is 7.68. The van der Waals surface area contributed by atoms with Crippen LogP contribution in [0.3, 0.4) is 0 Å². The summed E-state index contributed by atoms with van der Waals surface area (Å²) < 4.78 is 4.82. The van der Waals surface area contributed by atoms with E-state index in [0.29, 0.717) is 5.56 Å². The Morgan fingerprint density at radius 2 is 2.04 bits per heavy atom. The first-order valence-corrected chi connectivity index (χ1v) is 7.68. The second kappa shape index (κ2) is 9.61. The van der Waals surface area contributed by atoms with Crippen LogP contribution in [0.25, 0.3) is 0 Å². The highest BCUT2D eigenvalue weighted by Crippen LogP contribution is 2.19. The minimum atomic E-state index is -0.776. The molecule has 0 saturated heterocycles. The lowest BCUT2D eigenvalue weighted by atomic mass is 10.1. The monoisotopic (exact) mass is 338 g/mol. The zero-order valence-corrected chi connectivity index (χ0v) is 13.8. The van der Waals surface area contributed by atoms with Crippen molar-refractivity contribution in [3.05, 3.63) is 39.9 Å². The third-order valence-electron chi connectivity index (χ3n) is 3.26. The Hall–Kier alpha value is -2.48. The van der Waals surface area contributed by atoms with Crippen molar-refractivity contribution >= 4 is 17.6 Å². The van der Waals surface area contributed by atoms with Gasteiger partial charge in [-0.25, -0.2) is 0 Å². The zero-order valence-electron chi connectivity index (χ0n) is 13.8. The number of carbonyl (C=O) groups is 2. The topological polar surface area (TPSA) is 110 Å². The van der Waals surface area contributed by atoms with Crippen LogP contribution in [0.2, 0.25) is 0 Å². The summed E-state index contributed by atoms with van der Waals surface area (Å²) in [6.07, 6.45) is -0.947. The van der Waals surface area contributed by atoms with Crippen LogP contribution in [0.15, 0.2) is 24.3 Å². The van der Waals surface area contributed by atoms with E-state index in [-0.39, 0.29) is 38.2 Å². The maximum Gasteiger partial charge on any atom is 0.307 e. The number of esters is 1. The predicted molar refractivity (Wildman–Crippen MR) is 86.3 cm³/mol. The Labute approximate surface area is 140 Å². The molecule has 1 N–H and O–H groups in total. The van der Waals surface area contributed by atoms with Crippen molar-refractivity contribution in [1.29, 1.82) is 0 Å². The number of aliphatic hydroxyl groups is 1. The minimum Gasteiger partial charge on any atom is -0.466 e. The van der Waals surface area contributed by atoms with Gasteiger partial charge in [0.05, 0.1) is 30.5 Å². The summed E-state index contributed by atoms with van der Waals surface area (Å²) in [6.45, 7) is 3.59. The van der Waals surface area contributed by atoms with Crippen molar-refractivity contribution in [2.24, 2.45) is 0 Å². The van der Waals surface area contributed by atoms with Crippen molar-refractivity contribution < 1.29 is 24.4 Å². The predicted octanol–water partition coefficient (Wildman–Crippen LogP) is 1.30. The van der Waals surface area contributed by atoms with Gasteiger partial charge in [-0.15, -0.1) is 0 Å². The maximum atomic E-state index is 12.4. The Bertz CT molecular complexity index is 588. The van der Waals surface area contributed by atoms with Crippen LogP contribution in [-0.2, 0) is 20.7 Å². The molecule has 0 spiro atoms. The summed E-state index contributed by atoms with van der Waals surface area (Å²) in [7, 11) is 0. The fourth-order valence-electron chi connectivity index (χ4n) is 2.21. The highest BCUT2D eigenvalue weighted by Gasteiger charge is 2.21. The van der Waals surface area contributed by atoms with E-state index in [0.717, 1.165) is 0 Å². The number of amides is 1. The van der Waals surface area contributed by atoms with Gasteiger partial charge in [0.25, 0.3) is 5.69 Å². The van der Waals surface area contributed by atoms with Crippen LogP contribution in [-0.4, -0.2) is 52.6 Å². The molecule has 0 aliphatic heterocycles. The molecule has 8 heteroatoms. The van der Waals surface area contributed by atoms with Crippen molar-refractivity contribution in [2.45, 2.75) is 32.8 Å². The molecule has 0 aliphatic rings. The molecule has 0 radical (unpaired) electrons. The van der Waals surface area contributed by atoms with Gasteiger partial charge in [0.1, 0.15) is 0 Å². The summed E-state index contributed by atoms with van der Waals surface area (Å²) >= 11 is 0. The van der Waals surface area contributed by atoms with Crippen LogP contribution in [0.5, 0.6) is 0 Å². The number of rotatable bonds is 9. The molecule has 8 nitrogen and oxygen atoms in total. The molecule has 132 valence electrons. The molecule has 0 aliphatic carbocycles. The third-order valence-corrected chi connectivity index (χ3v) is 3.26. The normalized spacial score (nSPS) is 11.6. The molecule has 0 aromatic heterocycles. The molecule has 1 aromatic carbocycles. The second-order valence-electron chi connectivity index (χ2n) is 5.31. The van der Waals surface area contributed by atoms with Gasteiger partial charge in [0.2, 0.25) is 5.91 Å². The van der Waals surface area contributed by atoms with Gasteiger partial charge in [-0.1, -0.05) is 18.2 Å². The van der Waals surface area contributed by atoms with Crippen LogP contribution in [0.1, 0.15) is 25.8 Å². The van der Waals surface area contributed by atoms with E-state index in [1.165, 1.54) is 30.0 Å². The first kappa shape index (κ1) is 19.6. The molecule has 1 atom stereocenters. The van der Waals surface area contributed by atoms with E-state index in [4.69, 9.17) is 4.74 Å². The Morgan fingerprint density at radius 3 is 2.62 bits per heavy atom. The molecule has 1 aromatic rings. The SMILES string of the molecule is CCOC(=O)CCN(CC(C)O)C(=O)Cc1ccccc1[N+](=O)[O-]. The van der Waals surface area contributed by atoms with Gasteiger partial charge in [0, 0.05) is 24.7 Å². The number of benzene rings is 1. The highest BCUT2D eigenvalue weighted by atomic mass is 16.6. The van der Waals surface area contributed by atoms with Gasteiger partial charge >= 0.3 is 5.97 Å². The molecule has 0 fully saturated rings. The van der Waals surface area contributed by atoms with Gasteiger partial charge in [0.15, 0.2) is 0 Å². The molecular weight excluding hydrogens is 316 g/mol. The summed E-state index contributed by atoms with van der Waals surface area (Å²) in [5.74, 6) is -0.832.